The number of aliphatic hydroxyl groups excluding tert-OH is 1. The van der Waals surface area contributed by atoms with Gasteiger partial charge in [-0.2, -0.15) is 0 Å². The molecule has 20 heavy (non-hydrogen) atoms. The van der Waals surface area contributed by atoms with Gasteiger partial charge in [-0.25, -0.2) is 4.98 Å². The molecule has 0 aliphatic heterocycles. The summed E-state index contributed by atoms with van der Waals surface area (Å²) in [6.45, 7) is 2.09. The van der Waals surface area contributed by atoms with E-state index in [-0.39, 0.29) is 18.6 Å². The fourth-order valence-corrected chi connectivity index (χ4v) is 2.00. The molecule has 2 N–H and O–H groups in total. The Morgan fingerprint density at radius 1 is 1.50 bits per heavy atom. The first-order valence-corrected chi connectivity index (χ1v) is 6.71. The van der Waals surface area contributed by atoms with Crippen LogP contribution in [0.1, 0.15) is 30.1 Å². The highest BCUT2D eigenvalue weighted by Crippen LogP contribution is 2.10. The minimum Gasteiger partial charge on any atom is -0.396 e. The zero-order chi connectivity index (χ0) is 14.4. The summed E-state index contributed by atoms with van der Waals surface area (Å²) < 4.78 is 1.85. The van der Waals surface area contributed by atoms with E-state index >= 15 is 0 Å². The van der Waals surface area contributed by atoms with Crippen LogP contribution < -0.4 is 5.32 Å². The van der Waals surface area contributed by atoms with Gasteiger partial charge in [-0.3, -0.25) is 4.79 Å². The molecule has 1 atom stereocenters. The van der Waals surface area contributed by atoms with E-state index in [9.17, 15) is 4.79 Å². The molecule has 0 saturated carbocycles. The van der Waals surface area contributed by atoms with E-state index in [1.165, 1.54) is 0 Å². The molecule has 0 radical (unpaired) electrons. The largest absolute Gasteiger partial charge is 0.396 e. The maximum Gasteiger partial charge on any atom is 0.251 e. The van der Waals surface area contributed by atoms with Crippen LogP contribution in [0.25, 0.3) is 5.69 Å². The van der Waals surface area contributed by atoms with Crippen molar-refractivity contribution in [2.75, 3.05) is 6.61 Å². The van der Waals surface area contributed by atoms with Crippen LogP contribution >= 0.6 is 0 Å². The summed E-state index contributed by atoms with van der Waals surface area (Å²) in [7, 11) is 0. The molecule has 0 saturated heterocycles. The first kappa shape index (κ1) is 14.3. The molecule has 1 aromatic heterocycles. The number of hydrogen-bond acceptors (Lipinski definition) is 3. The standard InChI is InChI=1S/C15H19N3O2/c1-12(4-3-9-19)17-15(20)13-5-2-6-14(10-13)18-8-7-16-11-18/h2,5-8,10-12,19H,3-4,9H2,1H3,(H,17,20). The highest BCUT2D eigenvalue weighted by molar-refractivity contribution is 5.94. The van der Waals surface area contributed by atoms with Crippen molar-refractivity contribution >= 4 is 5.91 Å². The molecule has 1 unspecified atom stereocenters. The maximum atomic E-state index is 12.1. The zero-order valence-corrected chi connectivity index (χ0v) is 11.5. The Hall–Kier alpha value is -2.14. The molecule has 1 aromatic carbocycles. The first-order chi connectivity index (χ1) is 9.70. The molecule has 0 spiro atoms. The third kappa shape index (κ3) is 3.68. The molecule has 1 amide bonds. The number of benzene rings is 1. The second-order valence-corrected chi connectivity index (χ2v) is 4.76. The number of aliphatic hydroxyl groups is 1. The lowest BCUT2D eigenvalue weighted by Gasteiger charge is -2.13. The number of imidazole rings is 1. The van der Waals surface area contributed by atoms with Gasteiger partial charge in [0.05, 0.1) is 6.33 Å². The van der Waals surface area contributed by atoms with E-state index in [0.717, 1.165) is 12.1 Å². The lowest BCUT2D eigenvalue weighted by Crippen LogP contribution is -2.32. The van der Waals surface area contributed by atoms with Crippen molar-refractivity contribution in [3.05, 3.63) is 48.5 Å². The summed E-state index contributed by atoms with van der Waals surface area (Å²) in [5.41, 5.74) is 1.52. The number of hydrogen-bond donors (Lipinski definition) is 2. The van der Waals surface area contributed by atoms with Gasteiger partial charge in [-0.05, 0) is 38.0 Å². The van der Waals surface area contributed by atoms with Crippen molar-refractivity contribution in [1.29, 1.82) is 0 Å². The van der Waals surface area contributed by atoms with Crippen LogP contribution in [0.5, 0.6) is 0 Å². The summed E-state index contributed by atoms with van der Waals surface area (Å²) in [5, 5.41) is 11.7. The lowest BCUT2D eigenvalue weighted by atomic mass is 10.1. The highest BCUT2D eigenvalue weighted by atomic mass is 16.3. The van der Waals surface area contributed by atoms with Crippen LogP contribution in [0.3, 0.4) is 0 Å². The Morgan fingerprint density at radius 3 is 3.05 bits per heavy atom. The van der Waals surface area contributed by atoms with Crippen molar-refractivity contribution in [2.45, 2.75) is 25.8 Å². The normalized spacial score (nSPS) is 12.1. The van der Waals surface area contributed by atoms with Gasteiger partial charge < -0.3 is 15.0 Å². The lowest BCUT2D eigenvalue weighted by molar-refractivity contribution is 0.0936. The number of rotatable bonds is 6. The summed E-state index contributed by atoms with van der Waals surface area (Å²) in [5.74, 6) is -0.0996. The molecule has 0 aliphatic rings. The summed E-state index contributed by atoms with van der Waals surface area (Å²) in [6, 6.07) is 7.44. The van der Waals surface area contributed by atoms with E-state index < -0.39 is 0 Å². The molecule has 2 rings (SSSR count). The third-order valence-electron chi connectivity index (χ3n) is 3.08. The summed E-state index contributed by atoms with van der Waals surface area (Å²) in [4.78, 5) is 16.1. The summed E-state index contributed by atoms with van der Waals surface area (Å²) in [6.07, 6.45) is 6.69. The van der Waals surface area contributed by atoms with E-state index in [1.54, 1.807) is 18.6 Å². The fraction of sp³-hybridized carbons (Fsp3) is 0.333. The van der Waals surface area contributed by atoms with E-state index in [4.69, 9.17) is 5.11 Å². The number of nitrogens with zero attached hydrogens (tertiary/aromatic N) is 2. The molecular weight excluding hydrogens is 254 g/mol. The Kier molecular flexibility index (Phi) is 4.90. The maximum absolute atomic E-state index is 12.1. The molecule has 5 heteroatoms. The van der Waals surface area contributed by atoms with Gasteiger partial charge in [-0.15, -0.1) is 0 Å². The van der Waals surface area contributed by atoms with Crippen molar-refractivity contribution < 1.29 is 9.90 Å². The number of amides is 1. The van der Waals surface area contributed by atoms with Crippen LogP contribution in [0.15, 0.2) is 43.0 Å². The quantitative estimate of drug-likeness (QED) is 0.842. The molecule has 0 bridgehead atoms. The average Bonchev–Trinajstić information content (AvgIpc) is 2.99. The Bertz CT molecular complexity index is 552. The fourth-order valence-electron chi connectivity index (χ4n) is 2.00. The van der Waals surface area contributed by atoms with Crippen LogP contribution in [-0.2, 0) is 0 Å². The SMILES string of the molecule is CC(CCCO)NC(=O)c1cccc(-n2ccnc2)c1. The average molecular weight is 273 g/mol. The van der Waals surface area contributed by atoms with Gasteiger partial charge >= 0.3 is 0 Å². The molecule has 0 fully saturated rings. The number of nitrogens with one attached hydrogen (secondary N) is 1. The van der Waals surface area contributed by atoms with Gasteiger partial charge in [0, 0.05) is 36.3 Å². The molecule has 0 aliphatic carbocycles. The van der Waals surface area contributed by atoms with Gasteiger partial charge in [-0.1, -0.05) is 6.07 Å². The second kappa shape index (κ2) is 6.86. The minimum absolute atomic E-state index is 0.0477. The molecule has 106 valence electrons. The predicted molar refractivity (Wildman–Crippen MR) is 76.8 cm³/mol. The van der Waals surface area contributed by atoms with Gasteiger partial charge in [0.1, 0.15) is 0 Å². The Balaban J connectivity index is 2.05. The van der Waals surface area contributed by atoms with Crippen molar-refractivity contribution in [3.8, 4) is 5.69 Å². The molecule has 1 heterocycles. The van der Waals surface area contributed by atoms with E-state index in [1.807, 2.05) is 35.9 Å². The van der Waals surface area contributed by atoms with Crippen LogP contribution in [0.4, 0.5) is 0 Å². The van der Waals surface area contributed by atoms with Gasteiger partial charge in [0.2, 0.25) is 0 Å². The van der Waals surface area contributed by atoms with Crippen molar-refractivity contribution in [2.24, 2.45) is 0 Å². The second-order valence-electron chi connectivity index (χ2n) is 4.76. The van der Waals surface area contributed by atoms with Gasteiger partial charge in [0.15, 0.2) is 0 Å². The minimum atomic E-state index is -0.0996. The summed E-state index contributed by atoms with van der Waals surface area (Å²) >= 11 is 0. The topological polar surface area (TPSA) is 67.2 Å². The third-order valence-corrected chi connectivity index (χ3v) is 3.08. The highest BCUT2D eigenvalue weighted by Gasteiger charge is 2.10. The number of carbonyl (C=O) groups is 1. The first-order valence-electron chi connectivity index (χ1n) is 6.71. The Labute approximate surface area is 118 Å². The van der Waals surface area contributed by atoms with Gasteiger partial charge in [0.25, 0.3) is 5.91 Å². The van der Waals surface area contributed by atoms with Crippen molar-refractivity contribution in [1.82, 2.24) is 14.9 Å². The van der Waals surface area contributed by atoms with E-state index in [2.05, 4.69) is 10.3 Å². The Morgan fingerprint density at radius 2 is 2.35 bits per heavy atom. The number of aromatic nitrogens is 2. The number of carbonyl (C=O) groups excluding carboxylic acids is 1. The van der Waals surface area contributed by atoms with Crippen LogP contribution in [-0.4, -0.2) is 33.2 Å². The molecule has 5 nitrogen and oxygen atoms in total. The van der Waals surface area contributed by atoms with E-state index in [0.29, 0.717) is 12.0 Å². The van der Waals surface area contributed by atoms with Crippen molar-refractivity contribution in [3.63, 3.8) is 0 Å². The zero-order valence-electron chi connectivity index (χ0n) is 11.5. The van der Waals surface area contributed by atoms with Crippen LogP contribution in [0.2, 0.25) is 0 Å². The smallest absolute Gasteiger partial charge is 0.251 e. The van der Waals surface area contributed by atoms with Crippen LogP contribution in [0, 0.1) is 0 Å². The monoisotopic (exact) mass is 273 g/mol. The molecular formula is C15H19N3O2. The predicted octanol–water partition coefficient (Wildman–Crippen LogP) is 1.76. The molecule has 2 aromatic rings.